The molecule has 2 aromatic carbocycles. The standard InChI is InChI=1S/C21H26BrN5O/c1-26-10-12-27(13-11-26)18-8-6-17(7-9-18)23-21(28)20-14-19(24-25-20)15-2-4-16(22)5-3-15/h2-9,19-20,24-25H,10-14H2,1H3,(H,23,28). The van der Waals surface area contributed by atoms with Crippen LogP contribution in [-0.4, -0.2) is 50.1 Å². The Morgan fingerprint density at radius 3 is 2.36 bits per heavy atom. The first-order valence-corrected chi connectivity index (χ1v) is 10.5. The predicted molar refractivity (Wildman–Crippen MR) is 116 cm³/mol. The van der Waals surface area contributed by atoms with E-state index in [9.17, 15) is 4.79 Å². The van der Waals surface area contributed by atoms with Gasteiger partial charge in [0.1, 0.15) is 6.04 Å². The Balaban J connectivity index is 1.32. The molecule has 6 nitrogen and oxygen atoms in total. The Bertz CT molecular complexity index is 803. The van der Waals surface area contributed by atoms with Crippen molar-refractivity contribution in [2.24, 2.45) is 0 Å². The van der Waals surface area contributed by atoms with Gasteiger partial charge in [0.2, 0.25) is 5.91 Å². The Morgan fingerprint density at radius 1 is 1.00 bits per heavy atom. The van der Waals surface area contributed by atoms with E-state index in [1.807, 2.05) is 24.3 Å². The third-order valence-corrected chi connectivity index (χ3v) is 6.02. The highest BCUT2D eigenvalue weighted by Gasteiger charge is 2.30. The first kappa shape index (κ1) is 19.4. The van der Waals surface area contributed by atoms with E-state index >= 15 is 0 Å². The Hall–Kier alpha value is -1.93. The molecule has 0 aliphatic carbocycles. The highest BCUT2D eigenvalue weighted by atomic mass is 79.9. The van der Waals surface area contributed by atoms with Crippen LogP contribution >= 0.6 is 15.9 Å². The molecule has 0 radical (unpaired) electrons. The van der Waals surface area contributed by atoms with Crippen LogP contribution in [0.4, 0.5) is 11.4 Å². The topological polar surface area (TPSA) is 59.6 Å². The molecule has 28 heavy (non-hydrogen) atoms. The van der Waals surface area contributed by atoms with Crippen molar-refractivity contribution in [1.29, 1.82) is 0 Å². The predicted octanol–water partition coefficient (Wildman–Crippen LogP) is 2.75. The van der Waals surface area contributed by atoms with Gasteiger partial charge >= 0.3 is 0 Å². The fourth-order valence-corrected chi connectivity index (χ4v) is 3.96. The van der Waals surface area contributed by atoms with E-state index in [0.29, 0.717) is 6.42 Å². The van der Waals surface area contributed by atoms with E-state index in [1.165, 1.54) is 11.3 Å². The van der Waals surface area contributed by atoms with Crippen molar-refractivity contribution in [2.45, 2.75) is 18.5 Å². The number of benzene rings is 2. The second kappa shape index (κ2) is 8.61. The van der Waals surface area contributed by atoms with Gasteiger partial charge in [-0.1, -0.05) is 28.1 Å². The van der Waals surface area contributed by atoms with E-state index in [2.05, 4.69) is 73.2 Å². The van der Waals surface area contributed by atoms with E-state index in [4.69, 9.17) is 0 Å². The average Bonchev–Trinajstić information content (AvgIpc) is 3.20. The number of hydrazine groups is 1. The molecule has 148 valence electrons. The number of likely N-dealkylation sites (N-methyl/N-ethyl adjacent to an activating group) is 1. The maximum Gasteiger partial charge on any atom is 0.242 e. The summed E-state index contributed by atoms with van der Waals surface area (Å²) < 4.78 is 1.05. The van der Waals surface area contributed by atoms with Crippen molar-refractivity contribution < 1.29 is 4.79 Å². The molecule has 4 rings (SSSR count). The van der Waals surface area contributed by atoms with Gasteiger partial charge in [-0.05, 0) is 55.4 Å². The largest absolute Gasteiger partial charge is 0.369 e. The number of halogens is 1. The number of nitrogens with one attached hydrogen (secondary N) is 3. The molecule has 0 aromatic heterocycles. The minimum Gasteiger partial charge on any atom is -0.369 e. The Morgan fingerprint density at radius 2 is 1.68 bits per heavy atom. The summed E-state index contributed by atoms with van der Waals surface area (Å²) >= 11 is 3.45. The van der Waals surface area contributed by atoms with E-state index in [0.717, 1.165) is 36.3 Å². The first-order valence-electron chi connectivity index (χ1n) is 9.69. The van der Waals surface area contributed by atoms with Crippen LogP contribution in [0, 0.1) is 0 Å². The smallest absolute Gasteiger partial charge is 0.242 e. The van der Waals surface area contributed by atoms with Crippen molar-refractivity contribution >= 4 is 33.2 Å². The number of nitrogens with zero attached hydrogens (tertiary/aromatic N) is 2. The minimum atomic E-state index is -0.258. The van der Waals surface area contributed by atoms with Gasteiger partial charge in [-0.25, -0.2) is 10.9 Å². The van der Waals surface area contributed by atoms with E-state index < -0.39 is 0 Å². The van der Waals surface area contributed by atoms with E-state index in [1.54, 1.807) is 0 Å². The average molecular weight is 444 g/mol. The quantitative estimate of drug-likeness (QED) is 0.677. The Labute approximate surface area is 174 Å². The number of hydrogen-bond donors (Lipinski definition) is 3. The normalized spacial score (nSPS) is 23.0. The molecule has 2 saturated heterocycles. The Kier molecular flexibility index (Phi) is 5.96. The second-order valence-electron chi connectivity index (χ2n) is 7.51. The van der Waals surface area contributed by atoms with Crippen LogP contribution in [0.2, 0.25) is 0 Å². The molecule has 0 spiro atoms. The van der Waals surface area contributed by atoms with Crippen LogP contribution in [0.15, 0.2) is 53.0 Å². The van der Waals surface area contributed by atoms with Gasteiger partial charge in [0.15, 0.2) is 0 Å². The summed E-state index contributed by atoms with van der Waals surface area (Å²) in [5, 5.41) is 3.03. The molecule has 3 N–H and O–H groups in total. The summed E-state index contributed by atoms with van der Waals surface area (Å²) in [4.78, 5) is 17.4. The van der Waals surface area contributed by atoms with Gasteiger partial charge in [0, 0.05) is 48.1 Å². The third kappa shape index (κ3) is 4.55. The van der Waals surface area contributed by atoms with Gasteiger partial charge in [0.25, 0.3) is 0 Å². The molecule has 2 atom stereocenters. The second-order valence-corrected chi connectivity index (χ2v) is 8.42. The molecule has 2 aliphatic rings. The van der Waals surface area contributed by atoms with Crippen LogP contribution in [0.1, 0.15) is 18.0 Å². The lowest BCUT2D eigenvalue weighted by atomic mass is 10.0. The molecule has 2 aromatic rings. The lowest BCUT2D eigenvalue weighted by Gasteiger charge is -2.34. The van der Waals surface area contributed by atoms with Crippen molar-refractivity contribution in [3.05, 3.63) is 58.6 Å². The fourth-order valence-electron chi connectivity index (χ4n) is 3.69. The summed E-state index contributed by atoms with van der Waals surface area (Å²) in [5.41, 5.74) is 9.56. The summed E-state index contributed by atoms with van der Waals surface area (Å²) in [7, 11) is 2.16. The molecule has 1 amide bonds. The molecule has 2 heterocycles. The number of anilines is 2. The monoisotopic (exact) mass is 443 g/mol. The summed E-state index contributed by atoms with van der Waals surface area (Å²) in [6.45, 7) is 4.24. The van der Waals surface area contributed by atoms with Crippen LogP contribution in [0.3, 0.4) is 0 Å². The lowest BCUT2D eigenvalue weighted by molar-refractivity contribution is -0.117. The number of carbonyl (C=O) groups is 1. The number of amides is 1. The van der Waals surface area contributed by atoms with Crippen LogP contribution in [-0.2, 0) is 4.79 Å². The van der Waals surface area contributed by atoms with Crippen molar-refractivity contribution in [1.82, 2.24) is 15.8 Å². The lowest BCUT2D eigenvalue weighted by Crippen LogP contribution is -2.44. The number of rotatable bonds is 4. The summed E-state index contributed by atoms with van der Waals surface area (Å²) in [5.74, 6) is -0.0144. The van der Waals surface area contributed by atoms with Gasteiger partial charge in [-0.15, -0.1) is 0 Å². The van der Waals surface area contributed by atoms with Crippen molar-refractivity contribution in [2.75, 3.05) is 43.4 Å². The van der Waals surface area contributed by atoms with Gasteiger partial charge < -0.3 is 15.1 Å². The molecular weight excluding hydrogens is 418 g/mol. The van der Waals surface area contributed by atoms with Gasteiger partial charge in [0.05, 0.1) is 0 Å². The SMILES string of the molecule is CN1CCN(c2ccc(NC(=O)C3CC(c4ccc(Br)cc4)NN3)cc2)CC1. The molecule has 2 aliphatic heterocycles. The zero-order chi connectivity index (χ0) is 19.5. The van der Waals surface area contributed by atoms with Crippen molar-refractivity contribution in [3.8, 4) is 0 Å². The molecular formula is C21H26BrN5O. The number of piperazine rings is 1. The van der Waals surface area contributed by atoms with Crippen LogP contribution in [0.5, 0.6) is 0 Å². The molecule has 7 heteroatoms. The van der Waals surface area contributed by atoms with E-state index in [-0.39, 0.29) is 18.0 Å². The number of hydrogen-bond acceptors (Lipinski definition) is 5. The van der Waals surface area contributed by atoms with Crippen LogP contribution in [0.25, 0.3) is 0 Å². The summed E-state index contributed by atoms with van der Waals surface area (Å²) in [6.07, 6.45) is 0.715. The zero-order valence-electron chi connectivity index (χ0n) is 16.0. The first-order chi connectivity index (χ1) is 13.6. The highest BCUT2D eigenvalue weighted by molar-refractivity contribution is 9.10. The summed E-state index contributed by atoms with van der Waals surface area (Å²) in [6, 6.07) is 16.2. The fraction of sp³-hybridized carbons (Fsp3) is 0.381. The van der Waals surface area contributed by atoms with Crippen LogP contribution < -0.4 is 21.1 Å². The van der Waals surface area contributed by atoms with Crippen molar-refractivity contribution in [3.63, 3.8) is 0 Å². The molecule has 2 unspecified atom stereocenters. The maximum absolute atomic E-state index is 12.6. The molecule has 0 saturated carbocycles. The van der Waals surface area contributed by atoms with Gasteiger partial charge in [-0.2, -0.15) is 0 Å². The highest BCUT2D eigenvalue weighted by Crippen LogP contribution is 2.25. The molecule has 0 bridgehead atoms. The zero-order valence-corrected chi connectivity index (χ0v) is 17.6. The third-order valence-electron chi connectivity index (χ3n) is 5.50. The van der Waals surface area contributed by atoms with Gasteiger partial charge in [-0.3, -0.25) is 4.79 Å². The maximum atomic E-state index is 12.6. The number of carbonyl (C=O) groups excluding carboxylic acids is 1. The minimum absolute atomic E-state index is 0.0144. The molecule has 2 fully saturated rings.